The van der Waals surface area contributed by atoms with Crippen molar-refractivity contribution in [3.8, 4) is 0 Å². The molecular formula is C16H20N4OS2. The number of likely N-dealkylation sites (tertiary alicyclic amines) is 1. The summed E-state index contributed by atoms with van der Waals surface area (Å²) in [6, 6.07) is 4.74. The van der Waals surface area contributed by atoms with Gasteiger partial charge in [0.2, 0.25) is 5.91 Å². The first-order chi connectivity index (χ1) is 11.3. The number of carbonyl (C=O) groups is 1. The number of amides is 1. The van der Waals surface area contributed by atoms with E-state index in [1.165, 1.54) is 17.7 Å². The zero-order chi connectivity index (χ0) is 15.6. The van der Waals surface area contributed by atoms with Gasteiger partial charge in [0, 0.05) is 30.4 Å². The normalized spacial score (nSPS) is 17.8. The average molecular weight is 348 g/mol. The molecule has 2 aromatic heterocycles. The van der Waals surface area contributed by atoms with E-state index in [1.54, 1.807) is 23.1 Å². The molecule has 3 heterocycles. The van der Waals surface area contributed by atoms with Crippen LogP contribution in [0.15, 0.2) is 22.7 Å². The van der Waals surface area contributed by atoms with Gasteiger partial charge in [-0.05, 0) is 37.1 Å². The summed E-state index contributed by atoms with van der Waals surface area (Å²) >= 11 is 3.30. The molecule has 2 aromatic rings. The highest BCUT2D eigenvalue weighted by molar-refractivity contribution is 7.99. The Hall–Kier alpha value is -1.34. The van der Waals surface area contributed by atoms with Crippen molar-refractivity contribution in [1.29, 1.82) is 0 Å². The summed E-state index contributed by atoms with van der Waals surface area (Å²) in [5.41, 5.74) is 0. The molecule has 1 saturated heterocycles. The highest BCUT2D eigenvalue weighted by Crippen LogP contribution is 2.39. The van der Waals surface area contributed by atoms with E-state index in [9.17, 15) is 4.79 Å². The number of nitrogens with zero attached hydrogens (tertiary/aromatic N) is 4. The number of rotatable bonds is 6. The van der Waals surface area contributed by atoms with Gasteiger partial charge in [-0.1, -0.05) is 17.8 Å². The lowest BCUT2D eigenvalue weighted by Crippen LogP contribution is -2.29. The van der Waals surface area contributed by atoms with E-state index in [-0.39, 0.29) is 5.91 Å². The van der Waals surface area contributed by atoms with Crippen molar-refractivity contribution in [1.82, 2.24) is 19.7 Å². The van der Waals surface area contributed by atoms with E-state index < -0.39 is 0 Å². The first kappa shape index (κ1) is 15.2. The van der Waals surface area contributed by atoms with E-state index in [0.29, 0.717) is 11.8 Å². The Morgan fingerprint density at radius 1 is 1.30 bits per heavy atom. The monoisotopic (exact) mass is 348 g/mol. The lowest BCUT2D eigenvalue weighted by molar-refractivity contribution is -0.127. The van der Waals surface area contributed by atoms with Gasteiger partial charge in [0.1, 0.15) is 5.82 Å². The summed E-state index contributed by atoms with van der Waals surface area (Å²) in [7, 11) is 0. The summed E-state index contributed by atoms with van der Waals surface area (Å²) < 4.78 is 2.27. The minimum absolute atomic E-state index is 0.234. The van der Waals surface area contributed by atoms with Crippen LogP contribution in [0.25, 0.3) is 0 Å². The molecule has 2 aliphatic rings. The molecule has 1 amide bonds. The zero-order valence-corrected chi connectivity index (χ0v) is 14.6. The van der Waals surface area contributed by atoms with Crippen LogP contribution >= 0.6 is 23.1 Å². The van der Waals surface area contributed by atoms with Crippen LogP contribution < -0.4 is 0 Å². The smallest absolute Gasteiger partial charge is 0.233 e. The van der Waals surface area contributed by atoms with Crippen LogP contribution in [0, 0.1) is 0 Å². The number of thioether (sulfide) groups is 1. The first-order valence-corrected chi connectivity index (χ1v) is 10.0. The molecule has 0 atom stereocenters. The van der Waals surface area contributed by atoms with E-state index in [4.69, 9.17) is 0 Å². The van der Waals surface area contributed by atoms with Crippen LogP contribution in [0.1, 0.15) is 42.4 Å². The molecule has 7 heteroatoms. The Balaban J connectivity index is 1.45. The Labute approximate surface area is 144 Å². The molecule has 1 aliphatic carbocycles. The number of aromatic nitrogens is 3. The standard InChI is InChI=1S/C16H20N4OS2/c21-15(19-7-1-2-8-19)11-23-16-18-17-14(20(16)12-5-6-12)10-13-4-3-9-22-13/h3-4,9,12H,1-2,5-8,10-11H2. The van der Waals surface area contributed by atoms with E-state index in [2.05, 4.69) is 32.3 Å². The second-order valence-electron chi connectivity index (χ2n) is 6.13. The van der Waals surface area contributed by atoms with Gasteiger partial charge in [-0.2, -0.15) is 0 Å². The SMILES string of the molecule is O=C(CSc1nnc(Cc2cccs2)n1C1CC1)N1CCCC1. The minimum Gasteiger partial charge on any atom is -0.342 e. The molecule has 23 heavy (non-hydrogen) atoms. The largest absolute Gasteiger partial charge is 0.342 e. The van der Waals surface area contributed by atoms with Crippen molar-refractivity contribution in [2.24, 2.45) is 0 Å². The van der Waals surface area contributed by atoms with Gasteiger partial charge in [0.05, 0.1) is 5.75 Å². The van der Waals surface area contributed by atoms with E-state index in [0.717, 1.165) is 43.3 Å². The fourth-order valence-corrected chi connectivity index (χ4v) is 4.61. The van der Waals surface area contributed by atoms with Crippen LogP contribution in [-0.2, 0) is 11.2 Å². The summed E-state index contributed by atoms with van der Waals surface area (Å²) in [5.74, 6) is 1.74. The minimum atomic E-state index is 0.234. The van der Waals surface area contributed by atoms with Crippen LogP contribution in [0.4, 0.5) is 0 Å². The molecule has 0 aromatic carbocycles. The maximum Gasteiger partial charge on any atom is 0.233 e. The van der Waals surface area contributed by atoms with Crippen LogP contribution in [-0.4, -0.2) is 44.4 Å². The number of carbonyl (C=O) groups excluding carboxylic acids is 1. The van der Waals surface area contributed by atoms with Crippen molar-refractivity contribution >= 4 is 29.0 Å². The van der Waals surface area contributed by atoms with Gasteiger partial charge >= 0.3 is 0 Å². The van der Waals surface area contributed by atoms with Crippen molar-refractivity contribution in [2.75, 3.05) is 18.8 Å². The van der Waals surface area contributed by atoms with Gasteiger partial charge in [-0.3, -0.25) is 4.79 Å². The predicted octanol–water partition coefficient (Wildman–Crippen LogP) is 2.98. The third-order valence-corrected chi connectivity index (χ3v) is 6.15. The van der Waals surface area contributed by atoms with Crippen LogP contribution in [0.5, 0.6) is 0 Å². The molecule has 2 fully saturated rings. The maximum absolute atomic E-state index is 12.2. The van der Waals surface area contributed by atoms with Crippen molar-refractivity contribution in [3.05, 3.63) is 28.2 Å². The molecule has 0 spiro atoms. The highest BCUT2D eigenvalue weighted by Gasteiger charge is 2.30. The molecule has 122 valence electrons. The molecule has 0 N–H and O–H groups in total. The number of thiophene rings is 1. The fourth-order valence-electron chi connectivity index (χ4n) is 2.98. The average Bonchev–Trinajstić information content (AvgIpc) is 3.02. The Morgan fingerprint density at radius 3 is 2.83 bits per heavy atom. The molecule has 5 nitrogen and oxygen atoms in total. The second-order valence-corrected chi connectivity index (χ2v) is 8.11. The molecule has 1 saturated carbocycles. The van der Waals surface area contributed by atoms with Crippen LogP contribution in [0.2, 0.25) is 0 Å². The summed E-state index contributed by atoms with van der Waals surface area (Å²) in [6.07, 6.45) is 5.51. The van der Waals surface area contributed by atoms with Gasteiger partial charge in [0.25, 0.3) is 0 Å². The first-order valence-electron chi connectivity index (χ1n) is 8.18. The molecule has 1 aliphatic heterocycles. The summed E-state index contributed by atoms with van der Waals surface area (Å²) in [6.45, 7) is 1.83. The number of hydrogen-bond donors (Lipinski definition) is 0. The van der Waals surface area contributed by atoms with Crippen molar-refractivity contribution in [2.45, 2.75) is 43.3 Å². The topological polar surface area (TPSA) is 51.0 Å². The Bertz CT molecular complexity index is 672. The highest BCUT2D eigenvalue weighted by atomic mass is 32.2. The lowest BCUT2D eigenvalue weighted by Gasteiger charge is -2.14. The van der Waals surface area contributed by atoms with E-state index in [1.807, 2.05) is 4.90 Å². The van der Waals surface area contributed by atoms with Crippen molar-refractivity contribution in [3.63, 3.8) is 0 Å². The molecule has 0 radical (unpaired) electrons. The fraction of sp³-hybridized carbons (Fsp3) is 0.562. The predicted molar refractivity (Wildman–Crippen MR) is 92.0 cm³/mol. The molecule has 0 bridgehead atoms. The quantitative estimate of drug-likeness (QED) is 0.753. The molecule has 4 rings (SSSR count). The summed E-state index contributed by atoms with van der Waals surface area (Å²) in [4.78, 5) is 15.5. The number of hydrogen-bond acceptors (Lipinski definition) is 5. The van der Waals surface area contributed by atoms with Gasteiger partial charge in [-0.25, -0.2) is 0 Å². The Kier molecular flexibility index (Phi) is 4.39. The van der Waals surface area contributed by atoms with Crippen molar-refractivity contribution < 1.29 is 4.79 Å². The molecular weight excluding hydrogens is 328 g/mol. The van der Waals surface area contributed by atoms with Gasteiger partial charge < -0.3 is 9.47 Å². The third-order valence-electron chi connectivity index (χ3n) is 4.34. The third kappa shape index (κ3) is 3.45. The van der Waals surface area contributed by atoms with E-state index >= 15 is 0 Å². The maximum atomic E-state index is 12.2. The zero-order valence-electron chi connectivity index (χ0n) is 13.0. The second kappa shape index (κ2) is 6.65. The molecule has 0 unspecified atom stereocenters. The van der Waals surface area contributed by atoms with Gasteiger partial charge in [0.15, 0.2) is 5.16 Å². The van der Waals surface area contributed by atoms with Gasteiger partial charge in [-0.15, -0.1) is 21.5 Å². The van der Waals surface area contributed by atoms with Crippen LogP contribution in [0.3, 0.4) is 0 Å². The summed E-state index contributed by atoms with van der Waals surface area (Å²) in [5, 5.41) is 11.8. The Morgan fingerprint density at radius 2 is 2.13 bits per heavy atom. The lowest BCUT2D eigenvalue weighted by atomic mass is 10.3.